The van der Waals surface area contributed by atoms with E-state index < -0.39 is 11.6 Å². The number of nitrogens with zero attached hydrogens (tertiary/aromatic N) is 2. The quantitative estimate of drug-likeness (QED) is 0.0932. The zero-order valence-corrected chi connectivity index (χ0v) is 20.3. The molecule has 0 bridgehead atoms. The van der Waals surface area contributed by atoms with E-state index >= 15 is 0 Å². The number of ether oxygens (including phenoxy) is 1. The van der Waals surface area contributed by atoms with Crippen LogP contribution in [0.1, 0.15) is 32.8 Å². The molecule has 0 radical (unpaired) electrons. The summed E-state index contributed by atoms with van der Waals surface area (Å²) < 4.78 is 5.87. The molecule has 9 nitrogen and oxygen atoms in total. The van der Waals surface area contributed by atoms with Crippen molar-refractivity contribution in [2.75, 3.05) is 19.8 Å². The Morgan fingerprint density at radius 2 is 2.12 bits per heavy atom. The summed E-state index contributed by atoms with van der Waals surface area (Å²) in [7, 11) is 0. The van der Waals surface area contributed by atoms with E-state index in [0.29, 0.717) is 25.5 Å². The van der Waals surface area contributed by atoms with Crippen molar-refractivity contribution in [1.29, 1.82) is 5.26 Å². The minimum atomic E-state index is -1.07. The first-order chi connectivity index (χ1) is 16.2. The van der Waals surface area contributed by atoms with Gasteiger partial charge in [0, 0.05) is 0 Å². The second-order valence-electron chi connectivity index (χ2n) is 9.18. The van der Waals surface area contributed by atoms with E-state index in [0.717, 1.165) is 12.0 Å². The Bertz CT molecular complexity index is 913. The van der Waals surface area contributed by atoms with Crippen molar-refractivity contribution in [1.82, 2.24) is 10.7 Å². The summed E-state index contributed by atoms with van der Waals surface area (Å²) >= 11 is 0. The molecule has 9 heteroatoms. The third kappa shape index (κ3) is 9.45. The molecule has 0 fully saturated rings. The highest BCUT2D eigenvalue weighted by molar-refractivity contribution is 5.93. The number of carbonyl (C=O) groups excluding carboxylic acids is 1. The van der Waals surface area contributed by atoms with Crippen molar-refractivity contribution in [3.63, 3.8) is 0 Å². The average Bonchev–Trinajstić information content (AvgIpc) is 2.81. The van der Waals surface area contributed by atoms with E-state index in [1.165, 1.54) is 11.1 Å². The highest BCUT2D eigenvalue weighted by Crippen LogP contribution is 2.19. The van der Waals surface area contributed by atoms with Crippen LogP contribution < -0.4 is 27.7 Å². The number of amides is 1. The number of amidine groups is 1. The molecule has 1 amide bonds. The zero-order chi connectivity index (χ0) is 25.0. The summed E-state index contributed by atoms with van der Waals surface area (Å²) in [6.45, 7) is 6.42. The molecule has 0 saturated heterocycles. The van der Waals surface area contributed by atoms with Gasteiger partial charge in [-0.3, -0.25) is 4.79 Å². The van der Waals surface area contributed by atoms with Gasteiger partial charge in [0.05, 0.1) is 37.3 Å². The maximum absolute atomic E-state index is 12.4. The van der Waals surface area contributed by atoms with Crippen molar-refractivity contribution in [2.24, 2.45) is 28.4 Å². The van der Waals surface area contributed by atoms with E-state index in [1.807, 2.05) is 36.4 Å². The van der Waals surface area contributed by atoms with Gasteiger partial charge in [-0.25, -0.2) is 0 Å². The fourth-order valence-corrected chi connectivity index (χ4v) is 3.29. The van der Waals surface area contributed by atoms with Crippen molar-refractivity contribution >= 4 is 11.7 Å². The predicted molar refractivity (Wildman–Crippen MR) is 133 cm³/mol. The number of allylic oxidation sites excluding steroid dienone is 3. The van der Waals surface area contributed by atoms with E-state index in [-0.39, 0.29) is 24.3 Å². The van der Waals surface area contributed by atoms with E-state index in [2.05, 4.69) is 41.0 Å². The number of quaternary nitrogens is 1. The van der Waals surface area contributed by atoms with Gasteiger partial charge in [0.1, 0.15) is 6.04 Å². The lowest BCUT2D eigenvalue weighted by molar-refractivity contribution is -0.718. The molecule has 1 aliphatic rings. The topological polar surface area (TPSA) is 155 Å². The molecule has 1 aromatic carbocycles. The highest BCUT2D eigenvalue weighted by Gasteiger charge is 2.27. The van der Waals surface area contributed by atoms with Crippen LogP contribution in [0.2, 0.25) is 0 Å². The number of benzene rings is 1. The van der Waals surface area contributed by atoms with Crippen LogP contribution in [-0.2, 0) is 16.0 Å². The molecule has 0 heterocycles. The Kier molecular flexibility index (Phi) is 10.9. The second kappa shape index (κ2) is 13.6. The first-order valence-electron chi connectivity index (χ1n) is 11.6. The van der Waals surface area contributed by atoms with Crippen molar-refractivity contribution in [2.45, 2.75) is 45.2 Å². The van der Waals surface area contributed by atoms with Crippen LogP contribution in [0.25, 0.3) is 0 Å². The van der Waals surface area contributed by atoms with Gasteiger partial charge in [-0.15, -0.1) is 11.0 Å². The summed E-state index contributed by atoms with van der Waals surface area (Å²) in [5, 5.41) is 16.5. The predicted octanol–water partition coefficient (Wildman–Crippen LogP) is 0.470. The minimum Gasteiger partial charge on any atom is -0.381 e. The number of nitriles is 1. The van der Waals surface area contributed by atoms with E-state index in [9.17, 15) is 10.1 Å². The fraction of sp³-hybridized carbons (Fsp3) is 0.480. The zero-order valence-electron chi connectivity index (χ0n) is 20.3. The lowest BCUT2D eigenvalue weighted by Gasteiger charge is -2.24. The molecule has 184 valence electrons. The molecule has 0 saturated carbocycles. The number of hydrogen-bond donors (Lipinski definition) is 5. The van der Waals surface area contributed by atoms with E-state index in [1.54, 1.807) is 13.8 Å². The van der Waals surface area contributed by atoms with Gasteiger partial charge >= 0.3 is 0 Å². The molecular weight excluding hydrogens is 430 g/mol. The van der Waals surface area contributed by atoms with Crippen LogP contribution in [0, 0.1) is 23.2 Å². The standard InChI is InChI=1S/C25H37N7O2/c1-18-9-7-8-12-21(18)16-34-17-22(30-24(33)25(2,3)28)23(27)31-32-29-15-20(14-26)13-19-10-5-4-6-11-19/h4-8,10-12,18,20,22,29,32H,9,13,15-17,28H2,1-3H3,(H2,27,31)(H,30,33)/p+1. The molecule has 1 aliphatic carbocycles. The average molecular weight is 469 g/mol. The summed E-state index contributed by atoms with van der Waals surface area (Å²) in [4.78, 5) is 12.4. The molecule has 0 aromatic heterocycles. The molecule has 1 aromatic rings. The Balaban J connectivity index is 1.91. The third-order valence-electron chi connectivity index (χ3n) is 5.55. The van der Waals surface area contributed by atoms with Gasteiger partial charge < -0.3 is 21.5 Å². The first kappa shape index (κ1) is 27.2. The monoisotopic (exact) mass is 468 g/mol. The van der Waals surface area contributed by atoms with Crippen LogP contribution >= 0.6 is 0 Å². The Morgan fingerprint density at radius 3 is 2.76 bits per heavy atom. The smallest absolute Gasteiger partial charge is 0.240 e. The largest absolute Gasteiger partial charge is 0.381 e. The third-order valence-corrected chi connectivity index (χ3v) is 5.55. The Hall–Kier alpha value is -3.03. The van der Waals surface area contributed by atoms with Gasteiger partial charge in [-0.2, -0.15) is 5.26 Å². The fourth-order valence-electron chi connectivity index (χ4n) is 3.29. The molecule has 8 N–H and O–H groups in total. The van der Waals surface area contributed by atoms with Crippen molar-refractivity contribution in [3.05, 3.63) is 59.7 Å². The number of hydrogen-bond acceptors (Lipinski definition) is 6. The molecular formula is C25H38N7O2+. The number of nitrogens with two attached hydrogens (primary N) is 3. The molecule has 3 unspecified atom stereocenters. The molecule has 34 heavy (non-hydrogen) atoms. The summed E-state index contributed by atoms with van der Waals surface area (Å²) in [6.07, 6.45) is 7.83. The maximum Gasteiger partial charge on any atom is 0.240 e. The van der Waals surface area contributed by atoms with E-state index in [4.69, 9.17) is 16.2 Å². The van der Waals surface area contributed by atoms with Crippen LogP contribution in [0.3, 0.4) is 0 Å². The second-order valence-corrected chi connectivity index (χ2v) is 9.18. The molecule has 0 spiro atoms. The highest BCUT2D eigenvalue weighted by atomic mass is 16.5. The number of nitrogens with one attached hydrogen (secondary N) is 2. The van der Waals surface area contributed by atoms with Gasteiger partial charge in [0.15, 0.2) is 5.84 Å². The normalized spacial score (nSPS) is 18.0. The SMILES string of the molecule is CC1CC=CC=C1COCC(NC(=O)C(C)(C)N)C(N)=N[NH2+]NCC(C#N)Cc1ccccc1. The lowest BCUT2D eigenvalue weighted by Crippen LogP contribution is -2.89. The molecule has 0 aliphatic heterocycles. The number of rotatable bonds is 13. The molecule has 3 atom stereocenters. The lowest BCUT2D eigenvalue weighted by atomic mass is 9.94. The van der Waals surface area contributed by atoms with Gasteiger partial charge in [0.2, 0.25) is 5.91 Å². The maximum atomic E-state index is 12.4. The first-order valence-corrected chi connectivity index (χ1v) is 11.6. The van der Waals surface area contributed by atoms with Crippen molar-refractivity contribution < 1.29 is 15.1 Å². The van der Waals surface area contributed by atoms with Gasteiger partial charge in [-0.1, -0.05) is 55.5 Å². The van der Waals surface area contributed by atoms with Crippen LogP contribution in [0.4, 0.5) is 0 Å². The Morgan fingerprint density at radius 1 is 1.38 bits per heavy atom. The van der Waals surface area contributed by atoms with Crippen molar-refractivity contribution in [3.8, 4) is 6.07 Å². The van der Waals surface area contributed by atoms with Crippen LogP contribution in [0.15, 0.2) is 59.2 Å². The van der Waals surface area contributed by atoms with Crippen LogP contribution in [-0.4, -0.2) is 43.1 Å². The number of carbonyl (C=O) groups is 1. The van der Waals surface area contributed by atoms with Crippen LogP contribution in [0.5, 0.6) is 0 Å². The van der Waals surface area contributed by atoms with Gasteiger partial charge in [-0.05, 0) is 48.8 Å². The molecule has 2 rings (SSSR count). The Labute approximate surface area is 202 Å². The summed E-state index contributed by atoms with van der Waals surface area (Å²) in [6, 6.07) is 11.5. The van der Waals surface area contributed by atoms with Gasteiger partial charge in [0.25, 0.3) is 0 Å². The minimum absolute atomic E-state index is 0.160. The summed E-state index contributed by atoms with van der Waals surface area (Å²) in [5.74, 6) is 0.0281. The summed E-state index contributed by atoms with van der Waals surface area (Å²) in [5.41, 5.74) is 17.8.